The van der Waals surface area contributed by atoms with Crippen LogP contribution in [0, 0.1) is 24.7 Å². The van der Waals surface area contributed by atoms with E-state index in [2.05, 4.69) is 46.1 Å². The first-order valence-electron chi connectivity index (χ1n) is 10.1. The molecule has 0 N–H and O–H groups in total. The summed E-state index contributed by atoms with van der Waals surface area (Å²) < 4.78 is 0. The summed E-state index contributed by atoms with van der Waals surface area (Å²) in [6.45, 7) is 5.05. The number of benzene rings is 1. The summed E-state index contributed by atoms with van der Waals surface area (Å²) in [6.07, 6.45) is 8.04. The van der Waals surface area contributed by atoms with Gasteiger partial charge in [0, 0.05) is 24.9 Å². The summed E-state index contributed by atoms with van der Waals surface area (Å²) in [5.41, 5.74) is 3.79. The minimum Gasteiger partial charge on any atom is -0.335 e. The Bertz CT molecular complexity index is 886. The van der Waals surface area contributed by atoms with E-state index in [1.807, 2.05) is 19.2 Å². The maximum atomic E-state index is 13.4. The lowest BCUT2D eigenvalue weighted by Crippen LogP contribution is -2.68. The zero-order valence-electron chi connectivity index (χ0n) is 16.2. The van der Waals surface area contributed by atoms with Crippen molar-refractivity contribution in [1.82, 2.24) is 14.9 Å². The maximum Gasteiger partial charge on any atom is 0.229 e. The van der Waals surface area contributed by atoms with Crippen molar-refractivity contribution in [3.05, 3.63) is 59.2 Å². The zero-order valence-corrected chi connectivity index (χ0v) is 16.2. The Kier molecular flexibility index (Phi) is 3.68. The Morgan fingerprint density at radius 1 is 1.22 bits per heavy atom. The minimum atomic E-state index is -0.0871. The van der Waals surface area contributed by atoms with Gasteiger partial charge in [-0.15, -0.1) is 0 Å². The Balaban J connectivity index is 1.28. The van der Waals surface area contributed by atoms with Crippen molar-refractivity contribution in [1.29, 1.82) is 0 Å². The van der Waals surface area contributed by atoms with Crippen molar-refractivity contribution in [2.24, 2.45) is 10.8 Å². The van der Waals surface area contributed by atoms with Crippen molar-refractivity contribution in [2.75, 3.05) is 6.54 Å². The Morgan fingerprint density at radius 2 is 2.04 bits per heavy atom. The number of hydrogen-bond donors (Lipinski definition) is 0. The molecule has 4 nitrogen and oxygen atoms in total. The second-order valence-electron chi connectivity index (χ2n) is 9.17. The van der Waals surface area contributed by atoms with Gasteiger partial charge in [0.2, 0.25) is 5.91 Å². The van der Waals surface area contributed by atoms with Crippen LogP contribution < -0.4 is 0 Å². The second-order valence-corrected chi connectivity index (χ2v) is 9.17. The van der Waals surface area contributed by atoms with Crippen LogP contribution in [0.2, 0.25) is 0 Å². The number of hydrogen-bond acceptors (Lipinski definition) is 3. The monoisotopic (exact) mass is 361 g/mol. The van der Waals surface area contributed by atoms with E-state index in [-0.39, 0.29) is 16.9 Å². The molecule has 1 aromatic carbocycles. The number of carbonyl (C=O) groups is 1. The highest BCUT2D eigenvalue weighted by atomic mass is 16.2. The molecule has 1 saturated heterocycles. The fourth-order valence-electron chi connectivity index (χ4n) is 5.87. The topological polar surface area (TPSA) is 46.1 Å². The van der Waals surface area contributed by atoms with Gasteiger partial charge in [-0.25, -0.2) is 9.97 Å². The highest BCUT2D eigenvalue weighted by Gasteiger charge is 2.72. The van der Waals surface area contributed by atoms with E-state index >= 15 is 0 Å². The third-order valence-corrected chi connectivity index (χ3v) is 6.91. The zero-order chi connectivity index (χ0) is 18.6. The van der Waals surface area contributed by atoms with Crippen LogP contribution in [0.5, 0.6) is 0 Å². The fraction of sp³-hybridized carbons (Fsp3) is 0.522. The predicted molar refractivity (Wildman–Crippen MR) is 104 cm³/mol. The van der Waals surface area contributed by atoms with Crippen molar-refractivity contribution in [3.8, 4) is 0 Å². The smallest absolute Gasteiger partial charge is 0.229 e. The van der Waals surface area contributed by atoms with Gasteiger partial charge in [-0.2, -0.15) is 0 Å². The average molecular weight is 361 g/mol. The number of aromatic nitrogens is 2. The molecule has 1 aliphatic heterocycles. The van der Waals surface area contributed by atoms with Crippen molar-refractivity contribution < 1.29 is 4.79 Å². The molecule has 3 aliphatic carbocycles. The Hall–Kier alpha value is -2.23. The molecule has 4 aliphatic rings. The molecule has 140 valence electrons. The normalized spacial score (nSPS) is 31.3. The lowest BCUT2D eigenvalue weighted by molar-refractivity contribution is -0.217. The van der Waals surface area contributed by atoms with E-state index in [9.17, 15) is 4.79 Å². The molecule has 2 heterocycles. The van der Waals surface area contributed by atoms with E-state index < -0.39 is 0 Å². The van der Waals surface area contributed by atoms with Gasteiger partial charge in [0.25, 0.3) is 0 Å². The van der Waals surface area contributed by atoms with E-state index in [4.69, 9.17) is 0 Å². The van der Waals surface area contributed by atoms with E-state index in [0.29, 0.717) is 5.91 Å². The molecule has 1 atom stereocenters. The largest absolute Gasteiger partial charge is 0.335 e. The first kappa shape index (κ1) is 16.9. The molecule has 1 unspecified atom stereocenters. The molecule has 0 spiro atoms. The predicted octanol–water partition coefficient (Wildman–Crippen LogP) is 4.17. The molecule has 2 bridgehead atoms. The molecule has 3 saturated carbocycles. The molecule has 2 aromatic rings. The number of carbonyl (C=O) groups excluding carboxylic acids is 1. The summed E-state index contributed by atoms with van der Waals surface area (Å²) in [7, 11) is 0. The van der Waals surface area contributed by atoms with Crippen LogP contribution in [0.3, 0.4) is 0 Å². The highest BCUT2D eigenvalue weighted by Crippen LogP contribution is 2.75. The molecular weight excluding hydrogens is 334 g/mol. The van der Waals surface area contributed by atoms with Gasteiger partial charge in [0.15, 0.2) is 0 Å². The first-order chi connectivity index (χ1) is 13.0. The third kappa shape index (κ3) is 2.69. The average Bonchev–Trinajstić information content (AvgIpc) is 3.06. The van der Waals surface area contributed by atoms with Crippen LogP contribution in [-0.2, 0) is 11.2 Å². The summed E-state index contributed by atoms with van der Waals surface area (Å²) in [5.74, 6) is 1.34. The Morgan fingerprint density at radius 3 is 2.78 bits per heavy atom. The van der Waals surface area contributed by atoms with E-state index in [1.165, 1.54) is 11.1 Å². The maximum absolute atomic E-state index is 13.4. The van der Waals surface area contributed by atoms with Crippen LogP contribution in [0.15, 0.2) is 36.5 Å². The first-order valence-corrected chi connectivity index (χ1v) is 10.1. The SMILES string of the molecule is Cc1cccc(C2CCCN2C(=O)C23CC(Cc4nccc(C)n4)(C2)C3)c1. The highest BCUT2D eigenvalue weighted by molar-refractivity contribution is 5.87. The summed E-state index contributed by atoms with van der Waals surface area (Å²) in [6, 6.07) is 10.9. The van der Waals surface area contributed by atoms with Crippen LogP contribution in [-0.4, -0.2) is 27.3 Å². The van der Waals surface area contributed by atoms with Gasteiger partial charge in [0.05, 0.1) is 11.5 Å². The lowest BCUT2D eigenvalue weighted by Gasteiger charge is -2.70. The second kappa shape index (κ2) is 5.88. The molecule has 6 rings (SSSR count). The summed E-state index contributed by atoms with van der Waals surface area (Å²) >= 11 is 0. The molecule has 27 heavy (non-hydrogen) atoms. The van der Waals surface area contributed by atoms with Gasteiger partial charge in [0.1, 0.15) is 5.82 Å². The number of aryl methyl sites for hydroxylation is 2. The van der Waals surface area contributed by atoms with Crippen LogP contribution in [0.4, 0.5) is 0 Å². The van der Waals surface area contributed by atoms with E-state index in [0.717, 1.165) is 56.6 Å². The van der Waals surface area contributed by atoms with Gasteiger partial charge < -0.3 is 4.90 Å². The molecule has 1 amide bonds. The quantitative estimate of drug-likeness (QED) is 0.821. The number of rotatable bonds is 4. The van der Waals surface area contributed by atoms with Crippen molar-refractivity contribution in [3.63, 3.8) is 0 Å². The van der Waals surface area contributed by atoms with Crippen LogP contribution in [0.1, 0.15) is 60.8 Å². The van der Waals surface area contributed by atoms with Gasteiger partial charge >= 0.3 is 0 Å². The molecular formula is C23H27N3O. The fourth-order valence-corrected chi connectivity index (χ4v) is 5.87. The molecule has 4 heteroatoms. The minimum absolute atomic E-state index is 0.0871. The number of nitrogens with zero attached hydrogens (tertiary/aromatic N) is 3. The van der Waals surface area contributed by atoms with Crippen LogP contribution in [0.25, 0.3) is 0 Å². The number of likely N-dealkylation sites (tertiary alicyclic amines) is 1. The summed E-state index contributed by atoms with van der Waals surface area (Å²) in [4.78, 5) is 24.6. The molecule has 0 radical (unpaired) electrons. The third-order valence-electron chi connectivity index (χ3n) is 6.91. The van der Waals surface area contributed by atoms with Crippen molar-refractivity contribution in [2.45, 2.75) is 58.4 Å². The Labute approximate surface area is 161 Å². The standard InChI is InChI=1S/C23H27N3O/c1-16-5-3-6-18(11-16)19-7-4-10-26(19)21(27)23-13-22(14-23,15-23)12-20-24-9-8-17(2)25-20/h3,5-6,8-9,11,19H,4,7,10,12-15H2,1-2H3. The number of amides is 1. The van der Waals surface area contributed by atoms with E-state index in [1.54, 1.807) is 0 Å². The summed E-state index contributed by atoms with van der Waals surface area (Å²) in [5, 5.41) is 0. The van der Waals surface area contributed by atoms with Gasteiger partial charge in [-0.05, 0) is 63.0 Å². The van der Waals surface area contributed by atoms with Crippen LogP contribution >= 0.6 is 0 Å². The molecule has 4 fully saturated rings. The van der Waals surface area contributed by atoms with Gasteiger partial charge in [-0.3, -0.25) is 4.79 Å². The van der Waals surface area contributed by atoms with Crippen molar-refractivity contribution >= 4 is 5.91 Å². The van der Waals surface area contributed by atoms with Gasteiger partial charge in [-0.1, -0.05) is 29.8 Å². The lowest BCUT2D eigenvalue weighted by atomic mass is 9.34. The molecule has 1 aromatic heterocycles.